The van der Waals surface area contributed by atoms with Crippen LogP contribution in [0.3, 0.4) is 0 Å². The molecule has 1 aromatic carbocycles. The minimum Gasteiger partial charge on any atom is -0.300 e. The average molecular weight is 227 g/mol. The molecule has 0 aliphatic heterocycles. The van der Waals surface area contributed by atoms with Gasteiger partial charge in [0.15, 0.2) is 5.82 Å². The Kier molecular flexibility index (Phi) is 3.96. The largest absolute Gasteiger partial charge is 0.300 e. The van der Waals surface area contributed by atoms with E-state index >= 15 is 0 Å². The van der Waals surface area contributed by atoms with Gasteiger partial charge in [0.1, 0.15) is 0 Å². The molecule has 0 spiro atoms. The van der Waals surface area contributed by atoms with Crippen molar-refractivity contribution in [1.29, 1.82) is 0 Å². The maximum atomic E-state index is 4.94. The van der Waals surface area contributed by atoms with Crippen LogP contribution in [-0.2, 0) is 4.84 Å². The fourth-order valence-electron chi connectivity index (χ4n) is 1.47. The average Bonchev–Trinajstić information content (AvgIpc) is 2.41. The molecule has 86 valence electrons. The molecule has 0 fully saturated rings. The summed E-state index contributed by atoms with van der Waals surface area (Å²) >= 11 is 0. The third-order valence-corrected chi connectivity index (χ3v) is 2.21. The standard InChI is InChI=1S/C13H13N3O/c14-17-9-2-5-11-4-1-6-12(10-11)13-15-7-3-8-16-13/h1-8,10H,9,14H2/b5-2+. The van der Waals surface area contributed by atoms with Crippen LogP contribution in [0.25, 0.3) is 17.5 Å². The zero-order valence-corrected chi connectivity index (χ0v) is 9.28. The van der Waals surface area contributed by atoms with E-state index in [0.29, 0.717) is 6.61 Å². The molecule has 1 heterocycles. The molecule has 17 heavy (non-hydrogen) atoms. The highest BCUT2D eigenvalue weighted by molar-refractivity contribution is 5.61. The summed E-state index contributed by atoms with van der Waals surface area (Å²) in [6.45, 7) is 0.395. The lowest BCUT2D eigenvalue weighted by molar-refractivity contribution is 0.168. The van der Waals surface area contributed by atoms with Crippen LogP contribution in [0.15, 0.2) is 48.8 Å². The SMILES string of the molecule is NOC/C=C/c1cccc(-c2ncccn2)c1. The van der Waals surface area contributed by atoms with Gasteiger partial charge in [0.25, 0.3) is 0 Å². The molecule has 0 unspecified atom stereocenters. The van der Waals surface area contributed by atoms with Gasteiger partial charge in [-0.25, -0.2) is 15.9 Å². The second-order valence-corrected chi connectivity index (χ2v) is 3.43. The number of aromatic nitrogens is 2. The number of nitrogens with zero attached hydrogens (tertiary/aromatic N) is 2. The van der Waals surface area contributed by atoms with Crippen molar-refractivity contribution in [2.75, 3.05) is 6.61 Å². The number of hydrogen-bond donors (Lipinski definition) is 1. The fraction of sp³-hybridized carbons (Fsp3) is 0.0769. The van der Waals surface area contributed by atoms with Gasteiger partial charge in [0.2, 0.25) is 0 Å². The predicted octanol–water partition coefficient (Wildman–Crippen LogP) is 2.05. The van der Waals surface area contributed by atoms with Crippen LogP contribution in [0.2, 0.25) is 0 Å². The quantitative estimate of drug-likeness (QED) is 0.812. The topological polar surface area (TPSA) is 61.0 Å². The van der Waals surface area contributed by atoms with Crippen LogP contribution in [0.1, 0.15) is 5.56 Å². The van der Waals surface area contributed by atoms with E-state index in [1.54, 1.807) is 18.5 Å². The highest BCUT2D eigenvalue weighted by atomic mass is 16.6. The summed E-state index contributed by atoms with van der Waals surface area (Å²) < 4.78 is 0. The summed E-state index contributed by atoms with van der Waals surface area (Å²) in [7, 11) is 0. The van der Waals surface area contributed by atoms with Crippen LogP contribution >= 0.6 is 0 Å². The van der Waals surface area contributed by atoms with Crippen molar-refractivity contribution in [3.63, 3.8) is 0 Å². The van der Waals surface area contributed by atoms with Gasteiger partial charge in [-0.2, -0.15) is 0 Å². The van der Waals surface area contributed by atoms with Crippen molar-refractivity contribution in [3.05, 3.63) is 54.4 Å². The minimum atomic E-state index is 0.395. The molecule has 0 aliphatic rings. The Morgan fingerprint density at radius 1 is 1.18 bits per heavy atom. The Hall–Kier alpha value is -2.04. The van der Waals surface area contributed by atoms with Crippen LogP contribution in [0.5, 0.6) is 0 Å². The molecule has 0 bridgehead atoms. The van der Waals surface area contributed by atoms with E-state index in [-0.39, 0.29) is 0 Å². The smallest absolute Gasteiger partial charge is 0.159 e. The van der Waals surface area contributed by atoms with E-state index in [2.05, 4.69) is 14.8 Å². The summed E-state index contributed by atoms with van der Waals surface area (Å²) in [5.74, 6) is 5.66. The van der Waals surface area contributed by atoms with Crippen LogP contribution in [0.4, 0.5) is 0 Å². The van der Waals surface area contributed by atoms with Crippen LogP contribution in [0, 0.1) is 0 Å². The first kappa shape index (κ1) is 11.4. The maximum Gasteiger partial charge on any atom is 0.159 e. The monoisotopic (exact) mass is 227 g/mol. The van der Waals surface area contributed by atoms with Crippen molar-refractivity contribution in [3.8, 4) is 11.4 Å². The van der Waals surface area contributed by atoms with E-state index in [0.717, 1.165) is 17.0 Å². The summed E-state index contributed by atoms with van der Waals surface area (Å²) in [6, 6.07) is 9.76. The number of rotatable bonds is 4. The first-order valence-electron chi connectivity index (χ1n) is 5.26. The molecule has 0 saturated carbocycles. The van der Waals surface area contributed by atoms with E-state index in [1.165, 1.54) is 0 Å². The molecule has 0 amide bonds. The van der Waals surface area contributed by atoms with Crippen molar-refractivity contribution in [2.45, 2.75) is 0 Å². The highest BCUT2D eigenvalue weighted by Crippen LogP contribution is 2.16. The van der Waals surface area contributed by atoms with E-state index in [9.17, 15) is 0 Å². The minimum absolute atomic E-state index is 0.395. The highest BCUT2D eigenvalue weighted by Gasteiger charge is 1.99. The fourth-order valence-corrected chi connectivity index (χ4v) is 1.47. The van der Waals surface area contributed by atoms with Gasteiger partial charge in [-0.05, 0) is 17.7 Å². The van der Waals surface area contributed by atoms with E-state index < -0.39 is 0 Å². The lowest BCUT2D eigenvalue weighted by Gasteiger charge is -2.00. The van der Waals surface area contributed by atoms with Crippen molar-refractivity contribution in [1.82, 2.24) is 9.97 Å². The Morgan fingerprint density at radius 2 is 2.00 bits per heavy atom. The van der Waals surface area contributed by atoms with Gasteiger partial charge in [-0.15, -0.1) is 0 Å². The molecular formula is C13H13N3O. The van der Waals surface area contributed by atoms with Crippen LogP contribution in [-0.4, -0.2) is 16.6 Å². The van der Waals surface area contributed by atoms with Gasteiger partial charge in [-0.3, -0.25) is 0 Å². The second-order valence-electron chi connectivity index (χ2n) is 3.43. The summed E-state index contributed by atoms with van der Waals surface area (Å²) in [5.41, 5.74) is 2.05. The number of hydrogen-bond acceptors (Lipinski definition) is 4. The lowest BCUT2D eigenvalue weighted by atomic mass is 10.1. The normalized spacial score (nSPS) is 10.9. The third-order valence-electron chi connectivity index (χ3n) is 2.21. The number of benzene rings is 1. The second kappa shape index (κ2) is 5.89. The summed E-state index contributed by atoms with van der Waals surface area (Å²) in [6.07, 6.45) is 7.25. The first-order chi connectivity index (χ1) is 8.40. The summed E-state index contributed by atoms with van der Waals surface area (Å²) in [5, 5.41) is 0. The maximum absolute atomic E-state index is 4.94. The molecule has 2 aromatic rings. The van der Waals surface area contributed by atoms with Crippen molar-refractivity contribution in [2.24, 2.45) is 5.90 Å². The molecule has 1 aromatic heterocycles. The van der Waals surface area contributed by atoms with E-state index in [4.69, 9.17) is 5.90 Å². The Morgan fingerprint density at radius 3 is 2.76 bits per heavy atom. The Labute approximate surface area is 99.7 Å². The number of nitrogens with two attached hydrogens (primary N) is 1. The van der Waals surface area contributed by atoms with Gasteiger partial charge in [0, 0.05) is 18.0 Å². The van der Waals surface area contributed by atoms with E-state index in [1.807, 2.05) is 36.4 Å². The Balaban J connectivity index is 2.23. The molecule has 0 aliphatic carbocycles. The zero-order valence-electron chi connectivity index (χ0n) is 9.28. The molecule has 2 N–H and O–H groups in total. The molecule has 0 atom stereocenters. The third kappa shape index (κ3) is 3.21. The van der Waals surface area contributed by atoms with Crippen LogP contribution < -0.4 is 5.90 Å². The zero-order chi connectivity index (χ0) is 11.9. The van der Waals surface area contributed by atoms with Gasteiger partial charge in [-0.1, -0.05) is 30.4 Å². The Bertz CT molecular complexity index is 497. The molecule has 0 saturated heterocycles. The molecule has 0 radical (unpaired) electrons. The first-order valence-corrected chi connectivity index (χ1v) is 5.26. The molecule has 2 rings (SSSR count). The van der Waals surface area contributed by atoms with Gasteiger partial charge in [0.05, 0.1) is 6.61 Å². The molecule has 4 heteroatoms. The predicted molar refractivity (Wildman–Crippen MR) is 66.6 cm³/mol. The lowest BCUT2D eigenvalue weighted by Crippen LogP contribution is -1.96. The van der Waals surface area contributed by atoms with Crippen molar-refractivity contribution < 1.29 is 4.84 Å². The molecule has 4 nitrogen and oxygen atoms in total. The van der Waals surface area contributed by atoms with Gasteiger partial charge >= 0.3 is 0 Å². The summed E-state index contributed by atoms with van der Waals surface area (Å²) in [4.78, 5) is 12.9. The van der Waals surface area contributed by atoms with Gasteiger partial charge < -0.3 is 4.84 Å². The van der Waals surface area contributed by atoms with Crippen molar-refractivity contribution >= 4 is 6.08 Å². The molecular weight excluding hydrogens is 214 g/mol.